The van der Waals surface area contributed by atoms with Gasteiger partial charge in [-0.1, -0.05) is 48.7 Å². The Morgan fingerprint density at radius 2 is 1.65 bits per heavy atom. The summed E-state index contributed by atoms with van der Waals surface area (Å²) in [6.07, 6.45) is 0. The lowest BCUT2D eigenvalue weighted by atomic mass is 10.0. The van der Waals surface area contributed by atoms with Crippen molar-refractivity contribution in [3.05, 3.63) is 44.2 Å². The van der Waals surface area contributed by atoms with Crippen LogP contribution in [0, 0.1) is 5.92 Å². The topological polar surface area (TPSA) is 12.0 Å². The maximum atomic E-state index is 6.27. The minimum atomic E-state index is 0.343. The van der Waals surface area contributed by atoms with E-state index in [9.17, 15) is 0 Å². The largest absolute Gasteiger partial charge is 0.312 e. The van der Waals surface area contributed by atoms with Crippen LogP contribution in [0.4, 0.5) is 0 Å². The molecule has 0 bridgehead atoms. The summed E-state index contributed by atoms with van der Waals surface area (Å²) < 4.78 is 0. The van der Waals surface area contributed by atoms with Crippen molar-refractivity contribution in [1.82, 2.24) is 5.32 Å². The third-order valence-corrected chi connectivity index (χ3v) is 5.42. The molecule has 2 aromatic rings. The van der Waals surface area contributed by atoms with E-state index in [1.165, 1.54) is 4.88 Å². The standard InChI is InChI=1S/C15H16Cl3NS/c1-8(2)15(19-3)14-5-4-13(20-14)9-6-11(17)12(18)7-10(9)16/h4-8,15,19H,1-3H3. The molecule has 108 valence electrons. The minimum absolute atomic E-state index is 0.343. The summed E-state index contributed by atoms with van der Waals surface area (Å²) in [4.78, 5) is 2.39. The summed E-state index contributed by atoms with van der Waals surface area (Å²) >= 11 is 20.1. The van der Waals surface area contributed by atoms with Gasteiger partial charge >= 0.3 is 0 Å². The predicted molar refractivity (Wildman–Crippen MR) is 91.4 cm³/mol. The van der Waals surface area contributed by atoms with E-state index in [1.807, 2.05) is 13.1 Å². The monoisotopic (exact) mass is 347 g/mol. The van der Waals surface area contributed by atoms with Crippen molar-refractivity contribution in [3.63, 3.8) is 0 Å². The van der Waals surface area contributed by atoms with Crippen LogP contribution in [0.1, 0.15) is 24.8 Å². The first-order valence-corrected chi connectivity index (χ1v) is 8.31. The van der Waals surface area contributed by atoms with Gasteiger partial charge in [0.05, 0.1) is 15.1 Å². The van der Waals surface area contributed by atoms with Crippen LogP contribution in [0.5, 0.6) is 0 Å². The van der Waals surface area contributed by atoms with E-state index in [1.54, 1.807) is 17.4 Å². The van der Waals surface area contributed by atoms with E-state index in [4.69, 9.17) is 34.8 Å². The first kappa shape index (κ1) is 16.1. The molecule has 0 fully saturated rings. The maximum Gasteiger partial charge on any atom is 0.0607 e. The Balaban J connectivity index is 2.41. The molecule has 1 nitrogen and oxygen atoms in total. The van der Waals surface area contributed by atoms with Crippen LogP contribution < -0.4 is 5.32 Å². The molecule has 0 amide bonds. The van der Waals surface area contributed by atoms with E-state index < -0.39 is 0 Å². The zero-order chi connectivity index (χ0) is 14.9. The molecule has 1 N–H and O–H groups in total. The maximum absolute atomic E-state index is 6.27. The quantitative estimate of drug-likeness (QED) is 0.640. The SMILES string of the molecule is CNC(c1ccc(-c2cc(Cl)c(Cl)cc2Cl)s1)C(C)C. The highest BCUT2D eigenvalue weighted by Crippen LogP contribution is 2.40. The fraction of sp³-hybridized carbons (Fsp3) is 0.333. The van der Waals surface area contributed by atoms with Gasteiger partial charge in [-0.2, -0.15) is 0 Å². The molecule has 0 spiro atoms. The normalized spacial score (nSPS) is 12.9. The molecule has 0 aliphatic carbocycles. The van der Waals surface area contributed by atoms with Crippen molar-refractivity contribution in [2.45, 2.75) is 19.9 Å². The molecule has 1 unspecified atom stereocenters. The summed E-state index contributed by atoms with van der Waals surface area (Å²) in [5.41, 5.74) is 0.927. The minimum Gasteiger partial charge on any atom is -0.312 e. The fourth-order valence-electron chi connectivity index (χ4n) is 2.18. The van der Waals surface area contributed by atoms with Crippen LogP contribution in [0.15, 0.2) is 24.3 Å². The number of thiophene rings is 1. The fourth-order valence-corrected chi connectivity index (χ4v) is 4.21. The number of hydrogen-bond donors (Lipinski definition) is 1. The van der Waals surface area contributed by atoms with Crippen molar-refractivity contribution in [3.8, 4) is 10.4 Å². The lowest BCUT2D eigenvalue weighted by Gasteiger charge is -2.18. The lowest BCUT2D eigenvalue weighted by Crippen LogP contribution is -2.20. The van der Waals surface area contributed by atoms with Crippen molar-refractivity contribution >= 4 is 46.1 Å². The molecule has 0 saturated carbocycles. The summed E-state index contributed by atoms with van der Waals surface area (Å²) in [6.45, 7) is 4.40. The average Bonchev–Trinajstić information content (AvgIpc) is 2.83. The zero-order valence-electron chi connectivity index (χ0n) is 11.5. The average molecular weight is 349 g/mol. The van der Waals surface area contributed by atoms with Gasteiger partial charge in [0.1, 0.15) is 0 Å². The Kier molecular flexibility index (Phi) is 5.38. The van der Waals surface area contributed by atoms with Crippen molar-refractivity contribution in [1.29, 1.82) is 0 Å². The molecule has 20 heavy (non-hydrogen) atoms. The third kappa shape index (κ3) is 3.32. The Bertz CT molecular complexity index is 607. The van der Waals surface area contributed by atoms with Crippen LogP contribution in [0.2, 0.25) is 15.1 Å². The number of halogens is 3. The molecular formula is C15H16Cl3NS. The first-order chi connectivity index (χ1) is 9.43. The summed E-state index contributed by atoms with van der Waals surface area (Å²) in [5.74, 6) is 0.524. The lowest BCUT2D eigenvalue weighted by molar-refractivity contribution is 0.449. The Hall–Kier alpha value is -0.250. The van der Waals surface area contributed by atoms with Gasteiger partial charge in [-0.3, -0.25) is 0 Å². The van der Waals surface area contributed by atoms with Gasteiger partial charge in [-0.25, -0.2) is 0 Å². The summed E-state index contributed by atoms with van der Waals surface area (Å²) in [6, 6.07) is 8.08. The van der Waals surface area contributed by atoms with E-state index in [0.29, 0.717) is 27.0 Å². The summed E-state index contributed by atoms with van der Waals surface area (Å²) in [7, 11) is 1.98. The second-order valence-electron chi connectivity index (χ2n) is 4.96. The molecule has 1 aromatic heterocycles. The molecule has 0 saturated heterocycles. The molecule has 0 aliphatic heterocycles. The van der Waals surface area contributed by atoms with Gasteiger partial charge < -0.3 is 5.32 Å². The van der Waals surface area contributed by atoms with E-state index in [0.717, 1.165) is 10.4 Å². The zero-order valence-corrected chi connectivity index (χ0v) is 14.6. The van der Waals surface area contributed by atoms with Crippen molar-refractivity contribution in [2.24, 2.45) is 5.92 Å². The summed E-state index contributed by atoms with van der Waals surface area (Å²) in [5, 5.41) is 4.97. The Morgan fingerprint density at radius 3 is 2.25 bits per heavy atom. The molecular weight excluding hydrogens is 333 g/mol. The molecule has 1 atom stereocenters. The molecule has 1 heterocycles. The molecule has 5 heteroatoms. The van der Waals surface area contributed by atoms with E-state index in [-0.39, 0.29) is 0 Å². The van der Waals surface area contributed by atoms with Crippen LogP contribution in [-0.2, 0) is 0 Å². The molecule has 2 rings (SSSR count). The van der Waals surface area contributed by atoms with Gasteiger partial charge in [-0.15, -0.1) is 11.3 Å². The van der Waals surface area contributed by atoms with Gasteiger partial charge in [0.15, 0.2) is 0 Å². The highest BCUT2D eigenvalue weighted by Gasteiger charge is 2.17. The number of nitrogens with one attached hydrogen (secondary N) is 1. The highest BCUT2D eigenvalue weighted by atomic mass is 35.5. The van der Waals surface area contributed by atoms with E-state index in [2.05, 4.69) is 31.3 Å². The number of benzene rings is 1. The van der Waals surface area contributed by atoms with Gasteiger partial charge in [0.2, 0.25) is 0 Å². The van der Waals surface area contributed by atoms with Crippen molar-refractivity contribution < 1.29 is 0 Å². The second-order valence-corrected chi connectivity index (χ2v) is 7.30. The molecule has 0 aliphatic rings. The number of hydrogen-bond acceptors (Lipinski definition) is 2. The third-order valence-electron chi connectivity index (χ3n) is 3.19. The highest BCUT2D eigenvalue weighted by molar-refractivity contribution is 7.15. The van der Waals surface area contributed by atoms with Gasteiger partial charge in [0, 0.05) is 21.4 Å². The Labute approximate surface area is 138 Å². The van der Waals surface area contributed by atoms with Gasteiger partial charge in [-0.05, 0) is 37.2 Å². The first-order valence-electron chi connectivity index (χ1n) is 6.36. The smallest absolute Gasteiger partial charge is 0.0607 e. The number of rotatable bonds is 4. The van der Waals surface area contributed by atoms with E-state index >= 15 is 0 Å². The molecule has 0 radical (unpaired) electrons. The van der Waals surface area contributed by atoms with Crippen molar-refractivity contribution in [2.75, 3.05) is 7.05 Å². The van der Waals surface area contributed by atoms with Gasteiger partial charge in [0.25, 0.3) is 0 Å². The Morgan fingerprint density at radius 1 is 1.00 bits per heavy atom. The predicted octanol–water partition coefficient (Wildman–Crippen LogP) is 6.29. The molecule has 1 aromatic carbocycles. The second kappa shape index (κ2) is 6.67. The van der Waals surface area contributed by atoms with Crippen LogP contribution in [0.25, 0.3) is 10.4 Å². The van der Waals surface area contributed by atoms with Crippen LogP contribution in [-0.4, -0.2) is 7.05 Å². The van der Waals surface area contributed by atoms with Crippen LogP contribution in [0.3, 0.4) is 0 Å². The van der Waals surface area contributed by atoms with Crippen LogP contribution >= 0.6 is 46.1 Å².